The molecule has 0 saturated heterocycles. The van der Waals surface area contributed by atoms with E-state index in [0.29, 0.717) is 28.7 Å². The van der Waals surface area contributed by atoms with Crippen molar-refractivity contribution in [2.75, 3.05) is 7.11 Å². The van der Waals surface area contributed by atoms with Crippen molar-refractivity contribution >= 4 is 11.6 Å². The molecule has 19 heavy (non-hydrogen) atoms. The van der Waals surface area contributed by atoms with Crippen molar-refractivity contribution in [2.45, 2.75) is 13.2 Å². The maximum Gasteiger partial charge on any atom is 0.167 e. The van der Waals surface area contributed by atoms with Gasteiger partial charge in [-0.2, -0.15) is 0 Å². The summed E-state index contributed by atoms with van der Waals surface area (Å²) in [5, 5.41) is 9.87. The summed E-state index contributed by atoms with van der Waals surface area (Å²) >= 11 is 5.95. The third-order valence-electron chi connectivity index (χ3n) is 2.71. The Morgan fingerprint density at radius 1 is 1.16 bits per heavy atom. The van der Waals surface area contributed by atoms with E-state index >= 15 is 0 Å². The first-order valence-corrected chi connectivity index (χ1v) is 6.26. The maximum absolute atomic E-state index is 9.37. The minimum Gasteiger partial charge on any atom is -0.493 e. The van der Waals surface area contributed by atoms with Gasteiger partial charge in [-0.05, 0) is 11.6 Å². The highest BCUT2D eigenvalue weighted by molar-refractivity contribution is 6.30. The Balaban J connectivity index is 2.23. The van der Waals surface area contributed by atoms with E-state index in [9.17, 15) is 5.11 Å². The van der Waals surface area contributed by atoms with Gasteiger partial charge in [-0.1, -0.05) is 41.9 Å². The van der Waals surface area contributed by atoms with Crippen LogP contribution in [0.15, 0.2) is 42.5 Å². The summed E-state index contributed by atoms with van der Waals surface area (Å²) < 4.78 is 11.0. The van der Waals surface area contributed by atoms with Crippen LogP contribution < -0.4 is 9.47 Å². The van der Waals surface area contributed by atoms with Gasteiger partial charge in [-0.15, -0.1) is 0 Å². The minimum absolute atomic E-state index is 0.152. The molecule has 2 aromatic carbocycles. The fourth-order valence-corrected chi connectivity index (χ4v) is 2.02. The highest BCUT2D eigenvalue weighted by atomic mass is 35.5. The van der Waals surface area contributed by atoms with Crippen LogP contribution in [0.4, 0.5) is 0 Å². The molecule has 0 saturated carbocycles. The van der Waals surface area contributed by atoms with Crippen molar-refractivity contribution in [2.24, 2.45) is 0 Å². The highest BCUT2D eigenvalue weighted by Gasteiger charge is 2.12. The largest absolute Gasteiger partial charge is 0.493 e. The third kappa shape index (κ3) is 3.40. The molecule has 0 heterocycles. The van der Waals surface area contributed by atoms with Crippen LogP contribution in [0, 0.1) is 0 Å². The molecule has 0 aromatic heterocycles. The van der Waals surface area contributed by atoms with E-state index in [1.54, 1.807) is 19.2 Å². The zero-order valence-electron chi connectivity index (χ0n) is 10.6. The van der Waals surface area contributed by atoms with Crippen LogP contribution in [0.5, 0.6) is 11.5 Å². The SMILES string of the molecule is COc1cc(Cl)cc(CO)c1OCc1ccccc1. The van der Waals surface area contributed by atoms with Gasteiger partial charge in [0.2, 0.25) is 0 Å². The van der Waals surface area contributed by atoms with Crippen LogP contribution in [-0.2, 0) is 13.2 Å². The molecule has 4 heteroatoms. The zero-order valence-corrected chi connectivity index (χ0v) is 11.4. The summed E-state index contributed by atoms with van der Waals surface area (Å²) in [5.41, 5.74) is 1.66. The molecular formula is C15H15ClO3. The van der Waals surface area contributed by atoms with E-state index < -0.39 is 0 Å². The second-order valence-corrected chi connectivity index (χ2v) is 4.47. The lowest BCUT2D eigenvalue weighted by atomic mass is 10.2. The molecule has 0 fully saturated rings. The van der Waals surface area contributed by atoms with Gasteiger partial charge >= 0.3 is 0 Å². The summed E-state index contributed by atoms with van der Waals surface area (Å²) in [6, 6.07) is 13.1. The predicted octanol–water partition coefficient (Wildman–Crippen LogP) is 3.42. The quantitative estimate of drug-likeness (QED) is 0.911. The molecule has 0 radical (unpaired) electrons. The molecule has 1 N–H and O–H groups in total. The van der Waals surface area contributed by atoms with Crippen LogP contribution in [0.25, 0.3) is 0 Å². The van der Waals surface area contributed by atoms with E-state index in [1.165, 1.54) is 0 Å². The molecule has 100 valence electrons. The Kier molecular flexibility index (Phi) is 4.66. The number of hydrogen-bond acceptors (Lipinski definition) is 3. The van der Waals surface area contributed by atoms with E-state index in [-0.39, 0.29) is 6.61 Å². The predicted molar refractivity (Wildman–Crippen MR) is 74.7 cm³/mol. The Labute approximate surface area is 117 Å². The van der Waals surface area contributed by atoms with Crippen molar-refractivity contribution in [3.63, 3.8) is 0 Å². The number of aliphatic hydroxyl groups is 1. The van der Waals surface area contributed by atoms with Gasteiger partial charge in [0.05, 0.1) is 13.7 Å². The van der Waals surface area contributed by atoms with Crippen molar-refractivity contribution in [1.29, 1.82) is 0 Å². The molecule has 0 amide bonds. The van der Waals surface area contributed by atoms with Crippen LogP contribution in [0.2, 0.25) is 5.02 Å². The number of hydrogen-bond donors (Lipinski definition) is 1. The Bertz CT molecular complexity index is 515. The first-order valence-electron chi connectivity index (χ1n) is 5.88. The summed E-state index contributed by atoms with van der Waals surface area (Å²) in [6.07, 6.45) is 0. The zero-order chi connectivity index (χ0) is 13.7. The third-order valence-corrected chi connectivity index (χ3v) is 2.93. The van der Waals surface area contributed by atoms with E-state index in [1.807, 2.05) is 30.3 Å². The average molecular weight is 279 g/mol. The molecule has 3 nitrogen and oxygen atoms in total. The Hall–Kier alpha value is -1.71. The average Bonchev–Trinajstić information content (AvgIpc) is 2.46. The topological polar surface area (TPSA) is 38.7 Å². The smallest absolute Gasteiger partial charge is 0.167 e. The summed E-state index contributed by atoms with van der Waals surface area (Å²) in [6.45, 7) is 0.257. The summed E-state index contributed by atoms with van der Waals surface area (Å²) in [4.78, 5) is 0. The van der Waals surface area contributed by atoms with E-state index in [4.69, 9.17) is 21.1 Å². The highest BCUT2D eigenvalue weighted by Crippen LogP contribution is 2.35. The van der Waals surface area contributed by atoms with E-state index in [0.717, 1.165) is 5.56 Å². The number of halogens is 1. The van der Waals surface area contributed by atoms with Crippen LogP contribution in [0.1, 0.15) is 11.1 Å². The van der Waals surface area contributed by atoms with Crippen molar-refractivity contribution in [1.82, 2.24) is 0 Å². The molecule has 0 unspecified atom stereocenters. The fourth-order valence-electron chi connectivity index (χ4n) is 1.79. The number of methoxy groups -OCH3 is 1. The van der Waals surface area contributed by atoms with Crippen molar-refractivity contribution < 1.29 is 14.6 Å². The van der Waals surface area contributed by atoms with Gasteiger partial charge < -0.3 is 14.6 Å². The number of ether oxygens (including phenoxy) is 2. The van der Waals surface area contributed by atoms with Crippen molar-refractivity contribution in [3.8, 4) is 11.5 Å². The van der Waals surface area contributed by atoms with Gasteiger partial charge in [0, 0.05) is 16.7 Å². The second kappa shape index (κ2) is 6.45. The first-order chi connectivity index (χ1) is 9.24. The lowest BCUT2D eigenvalue weighted by Crippen LogP contribution is -2.01. The maximum atomic E-state index is 9.37. The van der Waals surface area contributed by atoms with Crippen LogP contribution in [0.3, 0.4) is 0 Å². The fraction of sp³-hybridized carbons (Fsp3) is 0.200. The molecule has 0 bridgehead atoms. The summed E-state index contributed by atoms with van der Waals surface area (Å²) in [5.74, 6) is 1.05. The number of benzene rings is 2. The van der Waals surface area contributed by atoms with Crippen molar-refractivity contribution in [3.05, 3.63) is 58.6 Å². The Morgan fingerprint density at radius 2 is 1.89 bits per heavy atom. The lowest BCUT2D eigenvalue weighted by Gasteiger charge is -2.14. The molecule has 2 aromatic rings. The summed E-state index contributed by atoms with van der Waals surface area (Å²) in [7, 11) is 1.54. The van der Waals surface area contributed by atoms with Gasteiger partial charge in [0.25, 0.3) is 0 Å². The second-order valence-electron chi connectivity index (χ2n) is 4.03. The van der Waals surface area contributed by atoms with Crippen LogP contribution in [-0.4, -0.2) is 12.2 Å². The van der Waals surface area contributed by atoms with Crippen LogP contribution >= 0.6 is 11.6 Å². The van der Waals surface area contributed by atoms with Gasteiger partial charge in [-0.25, -0.2) is 0 Å². The van der Waals surface area contributed by atoms with E-state index in [2.05, 4.69) is 0 Å². The molecule has 0 aliphatic carbocycles. The molecule has 0 aliphatic heterocycles. The minimum atomic E-state index is -0.152. The molecule has 0 atom stereocenters. The Morgan fingerprint density at radius 3 is 2.53 bits per heavy atom. The monoisotopic (exact) mass is 278 g/mol. The van der Waals surface area contributed by atoms with Gasteiger partial charge in [-0.3, -0.25) is 0 Å². The number of aliphatic hydroxyl groups excluding tert-OH is 1. The van der Waals surface area contributed by atoms with Gasteiger partial charge in [0.15, 0.2) is 11.5 Å². The molecule has 0 spiro atoms. The normalized spacial score (nSPS) is 10.3. The number of rotatable bonds is 5. The molecule has 0 aliphatic rings. The first kappa shape index (κ1) is 13.7. The molecular weight excluding hydrogens is 264 g/mol. The van der Waals surface area contributed by atoms with Gasteiger partial charge in [0.1, 0.15) is 6.61 Å². The molecule has 2 rings (SSSR count). The standard InChI is InChI=1S/C15H15ClO3/c1-18-14-8-13(16)7-12(9-17)15(14)19-10-11-5-3-2-4-6-11/h2-8,17H,9-10H2,1H3. The lowest BCUT2D eigenvalue weighted by molar-refractivity contribution is 0.250.